The Bertz CT molecular complexity index is 682. The summed E-state index contributed by atoms with van der Waals surface area (Å²) >= 11 is 12.0. The minimum atomic E-state index is -0.405. The summed E-state index contributed by atoms with van der Waals surface area (Å²) in [5.74, 6) is 0.289. The Kier molecular flexibility index (Phi) is 4.70. The second kappa shape index (κ2) is 6.33. The van der Waals surface area contributed by atoms with Gasteiger partial charge >= 0.3 is 0 Å². The van der Waals surface area contributed by atoms with E-state index in [0.717, 1.165) is 11.1 Å². The Morgan fingerprint density at radius 3 is 2.57 bits per heavy atom. The van der Waals surface area contributed by atoms with E-state index in [-0.39, 0.29) is 15.7 Å². The van der Waals surface area contributed by atoms with Gasteiger partial charge in [-0.05, 0) is 31.5 Å². The maximum atomic E-state index is 12.4. The average Bonchev–Trinajstić information content (AvgIpc) is 2.43. The van der Waals surface area contributed by atoms with Crippen molar-refractivity contribution in [2.24, 2.45) is 0 Å². The van der Waals surface area contributed by atoms with Crippen molar-refractivity contribution >= 4 is 34.8 Å². The van der Waals surface area contributed by atoms with Crippen molar-refractivity contribution in [3.8, 4) is 5.75 Å². The first-order valence-corrected chi connectivity index (χ1v) is 6.96. The molecular weight excluding hydrogens is 311 g/mol. The number of carbonyl (C=O) groups excluding carboxylic acids is 1. The molecule has 1 heterocycles. The summed E-state index contributed by atoms with van der Waals surface area (Å²) in [5.41, 5.74) is 2.58. The van der Waals surface area contributed by atoms with Gasteiger partial charge < -0.3 is 10.1 Å². The molecule has 1 aromatic carbocycles. The fraction of sp³-hybridized carbons (Fsp3) is 0.200. The third-order valence-corrected chi connectivity index (χ3v) is 3.76. The lowest BCUT2D eigenvalue weighted by Gasteiger charge is -2.15. The van der Waals surface area contributed by atoms with Gasteiger partial charge in [0.2, 0.25) is 0 Å². The number of ether oxygens (including phenoxy) is 1. The first-order valence-electron chi connectivity index (χ1n) is 6.21. The molecule has 1 amide bonds. The van der Waals surface area contributed by atoms with Crippen molar-refractivity contribution in [2.45, 2.75) is 13.8 Å². The van der Waals surface area contributed by atoms with Gasteiger partial charge in [-0.1, -0.05) is 29.3 Å². The molecule has 0 fully saturated rings. The smallest absolute Gasteiger partial charge is 0.260 e. The molecule has 0 radical (unpaired) electrons. The van der Waals surface area contributed by atoms with E-state index in [0.29, 0.717) is 11.4 Å². The minimum absolute atomic E-state index is 0.0678. The third kappa shape index (κ3) is 3.12. The molecule has 0 spiro atoms. The Labute approximate surface area is 133 Å². The lowest BCUT2D eigenvalue weighted by atomic mass is 10.1. The molecule has 0 aliphatic carbocycles. The average molecular weight is 325 g/mol. The summed E-state index contributed by atoms with van der Waals surface area (Å²) in [6.45, 7) is 3.77. The van der Waals surface area contributed by atoms with E-state index in [1.165, 1.54) is 12.3 Å². The molecule has 0 unspecified atom stereocenters. The van der Waals surface area contributed by atoms with Crippen molar-refractivity contribution in [3.05, 3.63) is 51.3 Å². The molecule has 0 atom stereocenters. The third-order valence-electron chi connectivity index (χ3n) is 3.16. The monoisotopic (exact) mass is 324 g/mol. The molecule has 6 heteroatoms. The van der Waals surface area contributed by atoms with Gasteiger partial charge in [0, 0.05) is 11.8 Å². The van der Waals surface area contributed by atoms with Crippen LogP contribution in [0.25, 0.3) is 0 Å². The number of carbonyl (C=O) groups is 1. The van der Waals surface area contributed by atoms with E-state index in [1.807, 2.05) is 26.0 Å². The first-order chi connectivity index (χ1) is 9.95. The summed E-state index contributed by atoms with van der Waals surface area (Å²) in [4.78, 5) is 16.3. The molecule has 4 nitrogen and oxygen atoms in total. The zero-order valence-electron chi connectivity index (χ0n) is 11.8. The van der Waals surface area contributed by atoms with Crippen LogP contribution in [0.3, 0.4) is 0 Å². The number of nitrogens with zero attached hydrogens (tertiary/aromatic N) is 1. The van der Waals surface area contributed by atoms with Crippen molar-refractivity contribution < 1.29 is 9.53 Å². The number of halogens is 2. The summed E-state index contributed by atoms with van der Waals surface area (Å²) < 4.78 is 5.26. The number of nitrogens with one attached hydrogen (secondary N) is 1. The van der Waals surface area contributed by atoms with Gasteiger partial charge in [-0.3, -0.25) is 4.79 Å². The number of aromatic nitrogens is 1. The quantitative estimate of drug-likeness (QED) is 0.858. The minimum Gasteiger partial charge on any atom is -0.496 e. The molecule has 0 saturated carbocycles. The Morgan fingerprint density at radius 2 is 1.95 bits per heavy atom. The van der Waals surface area contributed by atoms with Crippen molar-refractivity contribution in [3.63, 3.8) is 0 Å². The molecule has 2 aromatic rings. The number of aryl methyl sites for hydroxylation is 1. The normalized spacial score (nSPS) is 10.3. The van der Waals surface area contributed by atoms with Gasteiger partial charge in [-0.25, -0.2) is 4.98 Å². The topological polar surface area (TPSA) is 51.2 Å². The van der Waals surface area contributed by atoms with Crippen LogP contribution in [0.2, 0.25) is 10.2 Å². The number of hydrogen-bond donors (Lipinski definition) is 1. The predicted octanol–water partition coefficient (Wildman–Crippen LogP) is 4.27. The molecule has 0 saturated heterocycles. The van der Waals surface area contributed by atoms with Gasteiger partial charge in [-0.15, -0.1) is 0 Å². The number of pyridine rings is 1. The number of methoxy groups -OCH3 is 1. The molecular formula is C15H14Cl2N2O2. The van der Waals surface area contributed by atoms with E-state index in [4.69, 9.17) is 27.9 Å². The van der Waals surface area contributed by atoms with Crippen LogP contribution in [0.5, 0.6) is 5.75 Å². The Balaban J connectivity index is 2.41. The summed E-state index contributed by atoms with van der Waals surface area (Å²) in [5, 5.41) is 3.15. The van der Waals surface area contributed by atoms with Crippen LogP contribution >= 0.6 is 23.2 Å². The molecule has 21 heavy (non-hydrogen) atoms. The molecule has 0 aliphatic heterocycles. The van der Waals surface area contributed by atoms with Crippen LogP contribution in [0.4, 0.5) is 5.69 Å². The number of benzene rings is 1. The number of hydrogen-bond acceptors (Lipinski definition) is 3. The van der Waals surface area contributed by atoms with Crippen LogP contribution in [-0.4, -0.2) is 18.0 Å². The maximum absolute atomic E-state index is 12.4. The highest BCUT2D eigenvalue weighted by Crippen LogP contribution is 2.30. The lowest BCUT2D eigenvalue weighted by molar-refractivity contribution is 0.102. The SMILES string of the molecule is COc1ccc(C)c(NC(=O)c2c(Cl)ccnc2Cl)c1C. The molecule has 1 N–H and O–H groups in total. The standard InChI is InChI=1S/C15H14Cl2N2O2/c1-8-4-5-11(21-3)9(2)13(8)19-15(20)12-10(16)6-7-18-14(12)17/h4-7H,1-3H3,(H,19,20). The van der Waals surface area contributed by atoms with Gasteiger partial charge in [0.1, 0.15) is 10.9 Å². The first kappa shape index (κ1) is 15.6. The summed E-state index contributed by atoms with van der Waals surface area (Å²) in [6, 6.07) is 5.24. The Morgan fingerprint density at radius 1 is 1.24 bits per heavy atom. The molecule has 0 bridgehead atoms. The van der Waals surface area contributed by atoms with Crippen LogP contribution in [0.1, 0.15) is 21.5 Å². The largest absolute Gasteiger partial charge is 0.496 e. The summed E-state index contributed by atoms with van der Waals surface area (Å²) in [7, 11) is 1.58. The molecule has 110 valence electrons. The number of amides is 1. The van der Waals surface area contributed by atoms with E-state index in [2.05, 4.69) is 10.3 Å². The van der Waals surface area contributed by atoms with E-state index < -0.39 is 5.91 Å². The van der Waals surface area contributed by atoms with Crippen LogP contribution in [-0.2, 0) is 0 Å². The van der Waals surface area contributed by atoms with Crippen molar-refractivity contribution in [2.75, 3.05) is 12.4 Å². The zero-order chi connectivity index (χ0) is 15.6. The highest BCUT2D eigenvalue weighted by Gasteiger charge is 2.18. The zero-order valence-corrected chi connectivity index (χ0v) is 13.3. The second-order valence-electron chi connectivity index (χ2n) is 4.50. The van der Waals surface area contributed by atoms with Crippen LogP contribution in [0.15, 0.2) is 24.4 Å². The van der Waals surface area contributed by atoms with E-state index in [9.17, 15) is 4.79 Å². The van der Waals surface area contributed by atoms with E-state index in [1.54, 1.807) is 7.11 Å². The van der Waals surface area contributed by atoms with Gasteiger partial charge in [0.15, 0.2) is 0 Å². The maximum Gasteiger partial charge on any atom is 0.260 e. The van der Waals surface area contributed by atoms with Gasteiger partial charge in [0.25, 0.3) is 5.91 Å². The number of rotatable bonds is 3. The fourth-order valence-corrected chi connectivity index (χ4v) is 2.56. The second-order valence-corrected chi connectivity index (χ2v) is 5.26. The van der Waals surface area contributed by atoms with Crippen molar-refractivity contribution in [1.29, 1.82) is 0 Å². The summed E-state index contributed by atoms with van der Waals surface area (Å²) in [6.07, 6.45) is 1.45. The van der Waals surface area contributed by atoms with Gasteiger partial charge in [0.05, 0.1) is 23.4 Å². The highest BCUT2D eigenvalue weighted by molar-refractivity contribution is 6.39. The predicted molar refractivity (Wildman–Crippen MR) is 84.7 cm³/mol. The van der Waals surface area contributed by atoms with Crippen LogP contribution < -0.4 is 10.1 Å². The van der Waals surface area contributed by atoms with E-state index >= 15 is 0 Å². The van der Waals surface area contributed by atoms with Gasteiger partial charge in [-0.2, -0.15) is 0 Å². The van der Waals surface area contributed by atoms with Crippen molar-refractivity contribution in [1.82, 2.24) is 4.98 Å². The molecule has 1 aromatic heterocycles. The van der Waals surface area contributed by atoms with Crippen LogP contribution in [0, 0.1) is 13.8 Å². The molecule has 2 rings (SSSR count). The number of anilines is 1. The highest BCUT2D eigenvalue weighted by atomic mass is 35.5. The molecule has 0 aliphatic rings. The lowest BCUT2D eigenvalue weighted by Crippen LogP contribution is -2.15. The Hall–Kier alpha value is -1.78. The fourth-order valence-electron chi connectivity index (χ4n) is 2.03.